The lowest BCUT2D eigenvalue weighted by Gasteiger charge is -2.17. The average Bonchev–Trinajstić information content (AvgIpc) is 3.01. The smallest absolute Gasteiger partial charge is 0.251 e. The number of thiophene rings is 1. The van der Waals surface area contributed by atoms with Crippen LogP contribution in [-0.4, -0.2) is 30.8 Å². The van der Waals surface area contributed by atoms with Crippen LogP contribution in [0.2, 0.25) is 5.02 Å². The highest BCUT2D eigenvalue weighted by molar-refractivity contribution is 7.07. The van der Waals surface area contributed by atoms with Crippen LogP contribution in [0, 0.1) is 0 Å². The van der Waals surface area contributed by atoms with E-state index in [1.165, 1.54) is 0 Å². The van der Waals surface area contributed by atoms with Crippen molar-refractivity contribution >= 4 is 28.8 Å². The summed E-state index contributed by atoms with van der Waals surface area (Å²) in [4.78, 5) is 12.1. The molecule has 6 heteroatoms. The van der Waals surface area contributed by atoms with Gasteiger partial charge in [0.2, 0.25) is 0 Å². The lowest BCUT2D eigenvalue weighted by molar-refractivity contribution is 0.0279. The van der Waals surface area contributed by atoms with Crippen molar-refractivity contribution in [1.29, 1.82) is 0 Å². The van der Waals surface area contributed by atoms with Crippen LogP contribution < -0.4 is 5.32 Å². The van der Waals surface area contributed by atoms with Crippen molar-refractivity contribution in [2.24, 2.45) is 0 Å². The van der Waals surface area contributed by atoms with E-state index in [-0.39, 0.29) is 25.2 Å². The number of benzene rings is 1. The van der Waals surface area contributed by atoms with Crippen LogP contribution in [0.1, 0.15) is 22.0 Å². The van der Waals surface area contributed by atoms with Crippen molar-refractivity contribution in [3.05, 3.63) is 57.2 Å². The van der Waals surface area contributed by atoms with Gasteiger partial charge in [-0.15, -0.1) is 0 Å². The van der Waals surface area contributed by atoms with E-state index in [0.29, 0.717) is 17.1 Å². The van der Waals surface area contributed by atoms with Gasteiger partial charge in [0.1, 0.15) is 6.10 Å². The highest BCUT2D eigenvalue weighted by atomic mass is 35.5. The van der Waals surface area contributed by atoms with E-state index in [1.807, 2.05) is 16.8 Å². The fourth-order valence-corrected chi connectivity index (χ4v) is 2.74. The Labute approximate surface area is 132 Å². The molecule has 21 heavy (non-hydrogen) atoms. The molecule has 0 spiro atoms. The van der Waals surface area contributed by atoms with Crippen LogP contribution in [-0.2, 0) is 4.74 Å². The molecular weight excluding hydrogens is 310 g/mol. The van der Waals surface area contributed by atoms with E-state index >= 15 is 0 Å². The summed E-state index contributed by atoms with van der Waals surface area (Å²) in [6, 6.07) is 8.71. The van der Waals surface area contributed by atoms with E-state index in [4.69, 9.17) is 21.4 Å². The first-order valence-corrected chi connectivity index (χ1v) is 7.81. The number of aliphatic hydroxyl groups is 1. The summed E-state index contributed by atoms with van der Waals surface area (Å²) in [7, 11) is 0. The number of carbonyl (C=O) groups excluding carboxylic acids is 1. The highest BCUT2D eigenvalue weighted by Gasteiger charge is 2.14. The molecule has 0 unspecified atom stereocenters. The largest absolute Gasteiger partial charge is 0.394 e. The SMILES string of the molecule is O=C(NC[C@@H](OCCO)c1ccsc1)c1cccc(Cl)c1. The maximum atomic E-state index is 12.1. The summed E-state index contributed by atoms with van der Waals surface area (Å²) in [6.07, 6.45) is -0.272. The van der Waals surface area contributed by atoms with Gasteiger partial charge in [-0.25, -0.2) is 0 Å². The minimum atomic E-state index is -0.272. The minimum absolute atomic E-state index is 0.0527. The van der Waals surface area contributed by atoms with E-state index < -0.39 is 0 Å². The number of aliphatic hydroxyl groups excluding tert-OH is 1. The topological polar surface area (TPSA) is 58.6 Å². The second-order valence-electron chi connectivity index (χ2n) is 4.36. The monoisotopic (exact) mass is 325 g/mol. The maximum absolute atomic E-state index is 12.1. The van der Waals surface area contributed by atoms with E-state index in [2.05, 4.69) is 5.32 Å². The second-order valence-corrected chi connectivity index (χ2v) is 5.58. The molecule has 2 N–H and O–H groups in total. The molecule has 0 fully saturated rings. The van der Waals surface area contributed by atoms with Crippen molar-refractivity contribution in [2.45, 2.75) is 6.10 Å². The van der Waals surface area contributed by atoms with Crippen LogP contribution in [0.3, 0.4) is 0 Å². The minimum Gasteiger partial charge on any atom is -0.394 e. The summed E-state index contributed by atoms with van der Waals surface area (Å²) >= 11 is 7.43. The lowest BCUT2D eigenvalue weighted by atomic mass is 10.1. The molecule has 0 radical (unpaired) electrons. The molecule has 0 aliphatic heterocycles. The Kier molecular flexibility index (Phi) is 6.20. The Bertz CT molecular complexity index is 574. The number of hydrogen-bond acceptors (Lipinski definition) is 4. The molecule has 1 aromatic carbocycles. The van der Waals surface area contributed by atoms with Crippen molar-refractivity contribution < 1.29 is 14.6 Å². The average molecular weight is 326 g/mol. The summed E-state index contributed by atoms with van der Waals surface area (Å²) < 4.78 is 5.56. The molecule has 1 amide bonds. The van der Waals surface area contributed by atoms with Crippen LogP contribution in [0.15, 0.2) is 41.1 Å². The molecule has 0 saturated carbocycles. The number of hydrogen-bond donors (Lipinski definition) is 2. The van der Waals surface area contributed by atoms with E-state index in [0.717, 1.165) is 5.56 Å². The molecule has 0 saturated heterocycles. The third-order valence-electron chi connectivity index (χ3n) is 2.86. The van der Waals surface area contributed by atoms with Gasteiger partial charge in [0.15, 0.2) is 0 Å². The quantitative estimate of drug-likeness (QED) is 0.823. The first kappa shape index (κ1) is 16.0. The zero-order valence-electron chi connectivity index (χ0n) is 11.3. The summed E-state index contributed by atoms with van der Waals surface area (Å²) in [5.74, 6) is -0.203. The molecule has 1 heterocycles. The van der Waals surface area contributed by atoms with Gasteiger partial charge in [-0.1, -0.05) is 17.7 Å². The predicted molar refractivity (Wildman–Crippen MR) is 83.9 cm³/mol. The first-order chi connectivity index (χ1) is 10.2. The first-order valence-electron chi connectivity index (χ1n) is 6.49. The number of amides is 1. The lowest BCUT2D eigenvalue weighted by Crippen LogP contribution is -2.29. The van der Waals surface area contributed by atoms with E-state index in [9.17, 15) is 4.79 Å². The molecular formula is C15H16ClNO3S. The molecule has 112 valence electrons. The van der Waals surface area contributed by atoms with Gasteiger partial charge in [-0.05, 0) is 40.6 Å². The fraction of sp³-hybridized carbons (Fsp3) is 0.267. The Morgan fingerprint density at radius 2 is 2.29 bits per heavy atom. The van der Waals surface area contributed by atoms with Crippen LogP contribution in [0.25, 0.3) is 0 Å². The second kappa shape index (κ2) is 8.14. The number of nitrogens with one attached hydrogen (secondary N) is 1. The molecule has 0 aliphatic carbocycles. The molecule has 2 aromatic rings. The van der Waals surface area contributed by atoms with Crippen LogP contribution in [0.4, 0.5) is 0 Å². The predicted octanol–water partition coefficient (Wildman–Crippen LogP) is 2.88. The summed E-state index contributed by atoms with van der Waals surface area (Å²) in [5, 5.41) is 16.1. The zero-order valence-corrected chi connectivity index (χ0v) is 12.9. The maximum Gasteiger partial charge on any atom is 0.251 e. The summed E-state index contributed by atoms with van der Waals surface area (Å²) in [6.45, 7) is 0.512. The Balaban J connectivity index is 1.96. The third kappa shape index (κ3) is 4.82. The Morgan fingerprint density at radius 1 is 1.43 bits per heavy atom. The number of ether oxygens (including phenoxy) is 1. The van der Waals surface area contributed by atoms with E-state index in [1.54, 1.807) is 35.6 Å². The van der Waals surface area contributed by atoms with Gasteiger partial charge in [-0.2, -0.15) is 11.3 Å². The molecule has 0 aliphatic rings. The molecule has 2 rings (SSSR count). The van der Waals surface area contributed by atoms with Crippen LogP contribution >= 0.6 is 22.9 Å². The molecule has 0 bridgehead atoms. The normalized spacial score (nSPS) is 12.1. The Morgan fingerprint density at radius 3 is 2.95 bits per heavy atom. The van der Waals surface area contributed by atoms with Crippen molar-refractivity contribution in [1.82, 2.24) is 5.32 Å². The van der Waals surface area contributed by atoms with Gasteiger partial charge >= 0.3 is 0 Å². The fourth-order valence-electron chi connectivity index (χ4n) is 1.84. The number of halogens is 1. The van der Waals surface area contributed by atoms with Gasteiger partial charge in [-0.3, -0.25) is 4.79 Å². The molecule has 4 nitrogen and oxygen atoms in total. The zero-order chi connectivity index (χ0) is 15.1. The Hall–Kier alpha value is -1.40. The van der Waals surface area contributed by atoms with Crippen molar-refractivity contribution in [2.75, 3.05) is 19.8 Å². The van der Waals surface area contributed by atoms with Gasteiger partial charge in [0.05, 0.1) is 13.2 Å². The van der Waals surface area contributed by atoms with Crippen molar-refractivity contribution in [3.63, 3.8) is 0 Å². The standard InChI is InChI=1S/C15H16ClNO3S/c16-13-3-1-2-11(8-13)15(19)17-9-14(20-6-5-18)12-4-7-21-10-12/h1-4,7-8,10,14,18H,5-6,9H2,(H,17,19)/t14-/m1/s1. The van der Waals surface area contributed by atoms with Gasteiger partial charge < -0.3 is 15.2 Å². The van der Waals surface area contributed by atoms with Crippen LogP contribution in [0.5, 0.6) is 0 Å². The number of carbonyl (C=O) groups is 1. The summed E-state index contributed by atoms with van der Waals surface area (Å²) in [5.41, 5.74) is 1.49. The molecule has 1 aromatic heterocycles. The van der Waals surface area contributed by atoms with Crippen molar-refractivity contribution in [3.8, 4) is 0 Å². The molecule has 1 atom stereocenters. The highest BCUT2D eigenvalue weighted by Crippen LogP contribution is 2.19. The van der Waals surface area contributed by atoms with Gasteiger partial charge in [0, 0.05) is 17.1 Å². The van der Waals surface area contributed by atoms with Gasteiger partial charge in [0.25, 0.3) is 5.91 Å². The third-order valence-corrected chi connectivity index (χ3v) is 3.80. The number of rotatable bonds is 7.